The van der Waals surface area contributed by atoms with Crippen LogP contribution in [0.2, 0.25) is 0 Å². The van der Waals surface area contributed by atoms with Crippen LogP contribution in [-0.4, -0.2) is 151 Å². The van der Waals surface area contributed by atoms with Crippen molar-refractivity contribution in [3.8, 4) is 5.75 Å². The van der Waals surface area contributed by atoms with E-state index in [1.54, 1.807) is 24.0 Å². The van der Waals surface area contributed by atoms with Crippen molar-refractivity contribution in [2.24, 2.45) is 0 Å². The summed E-state index contributed by atoms with van der Waals surface area (Å²) >= 11 is 0. The molecule has 2 saturated heterocycles. The van der Waals surface area contributed by atoms with Crippen LogP contribution in [0.5, 0.6) is 5.75 Å². The fourth-order valence-corrected chi connectivity index (χ4v) is 6.76. The Hall–Kier alpha value is -5.03. The number of aryl methyl sites for hydroxylation is 1. The first kappa shape index (κ1) is 41.1. The molecule has 0 bridgehead atoms. The molecule has 2 aromatic rings. The number of benzene rings is 1. The van der Waals surface area contributed by atoms with Gasteiger partial charge in [0.05, 0.1) is 18.7 Å². The zero-order valence-corrected chi connectivity index (χ0v) is 31.7. The smallest absolute Gasteiger partial charge is 0.409 e. The summed E-state index contributed by atoms with van der Waals surface area (Å²) in [6.07, 6.45) is 3.54. The molecule has 3 aliphatic rings. The molecule has 1 aliphatic carbocycles. The Morgan fingerprint density at radius 2 is 1.71 bits per heavy atom. The van der Waals surface area contributed by atoms with Gasteiger partial charge >= 0.3 is 12.1 Å². The molecule has 17 nitrogen and oxygen atoms in total. The van der Waals surface area contributed by atoms with Crippen LogP contribution in [-0.2, 0) is 28.7 Å². The van der Waals surface area contributed by atoms with Gasteiger partial charge in [-0.25, -0.2) is 9.78 Å². The summed E-state index contributed by atoms with van der Waals surface area (Å²) < 4.78 is 16.4. The number of rotatable bonds is 17. The van der Waals surface area contributed by atoms with Crippen molar-refractivity contribution in [3.63, 3.8) is 0 Å². The lowest BCUT2D eigenvalue weighted by Gasteiger charge is -2.36. The first-order chi connectivity index (χ1) is 26.6. The van der Waals surface area contributed by atoms with E-state index in [9.17, 15) is 28.8 Å². The average Bonchev–Trinajstić information content (AvgIpc) is 3.67. The molecule has 1 aromatic carbocycles. The zero-order valence-electron chi connectivity index (χ0n) is 31.7. The van der Waals surface area contributed by atoms with Gasteiger partial charge in [0.2, 0.25) is 11.8 Å². The Bertz CT molecular complexity index is 1690. The molecule has 5 rings (SSSR count). The first-order valence-electron chi connectivity index (χ1n) is 19.2. The summed E-state index contributed by atoms with van der Waals surface area (Å²) in [7, 11) is 0. The highest BCUT2D eigenvalue weighted by Gasteiger charge is 2.36. The van der Waals surface area contributed by atoms with E-state index in [1.807, 2.05) is 13.0 Å². The first-order valence-corrected chi connectivity index (χ1v) is 19.2. The van der Waals surface area contributed by atoms with Crippen LogP contribution >= 0.6 is 0 Å². The number of nitrogens with zero attached hydrogens (tertiary/aromatic N) is 4. The summed E-state index contributed by atoms with van der Waals surface area (Å²) in [5.41, 5.74) is 1.24. The third kappa shape index (κ3) is 11.3. The lowest BCUT2D eigenvalue weighted by Crippen LogP contribution is -2.56. The van der Waals surface area contributed by atoms with Gasteiger partial charge in [-0.05, 0) is 70.1 Å². The molecule has 0 unspecified atom stereocenters. The van der Waals surface area contributed by atoms with Crippen LogP contribution in [0, 0.1) is 6.92 Å². The van der Waals surface area contributed by atoms with Crippen molar-refractivity contribution in [1.29, 1.82) is 0 Å². The van der Waals surface area contributed by atoms with Gasteiger partial charge in [-0.3, -0.25) is 24.0 Å². The van der Waals surface area contributed by atoms with Gasteiger partial charge < -0.3 is 50.0 Å². The summed E-state index contributed by atoms with van der Waals surface area (Å²) in [6, 6.07) is 5.30. The summed E-state index contributed by atoms with van der Waals surface area (Å²) in [4.78, 5) is 88.1. The third-order valence-corrected chi connectivity index (χ3v) is 10.0. The van der Waals surface area contributed by atoms with Gasteiger partial charge in [-0.15, -0.1) is 0 Å². The number of nitrogens with one attached hydrogen (secondary N) is 3. The molecule has 4 N–H and O–H groups in total. The summed E-state index contributed by atoms with van der Waals surface area (Å²) in [5, 5.41) is 18.2. The van der Waals surface area contributed by atoms with Gasteiger partial charge in [0.15, 0.2) is 6.61 Å². The van der Waals surface area contributed by atoms with E-state index in [4.69, 9.17) is 19.3 Å². The Morgan fingerprint density at radius 1 is 0.945 bits per heavy atom. The average molecular weight is 768 g/mol. The van der Waals surface area contributed by atoms with E-state index in [2.05, 4.69) is 20.9 Å². The number of fused-ring (bicyclic) bond motifs is 1. The monoisotopic (exact) mass is 767 g/mol. The molecule has 2 atom stereocenters. The topological polar surface area (TPSA) is 209 Å². The van der Waals surface area contributed by atoms with Crippen molar-refractivity contribution < 1.29 is 48.1 Å². The third-order valence-electron chi connectivity index (χ3n) is 10.0. The molecule has 55 heavy (non-hydrogen) atoms. The number of hydrogen-bond acceptors (Lipinski definition) is 12. The predicted octanol–water partition coefficient (Wildman–Crippen LogP) is 0.886. The highest BCUT2D eigenvalue weighted by molar-refractivity contribution is 5.99. The predicted molar refractivity (Wildman–Crippen MR) is 199 cm³/mol. The van der Waals surface area contributed by atoms with Crippen LogP contribution in [0.15, 0.2) is 24.3 Å². The molecule has 3 fully saturated rings. The maximum Gasteiger partial charge on any atom is 0.409 e. The molecule has 0 radical (unpaired) electrons. The van der Waals surface area contributed by atoms with Crippen LogP contribution in [0.25, 0.3) is 10.9 Å². The molecule has 2 aliphatic heterocycles. The zero-order chi connectivity index (χ0) is 39.3. The van der Waals surface area contributed by atoms with Gasteiger partial charge in [0.1, 0.15) is 30.1 Å². The second-order valence-corrected chi connectivity index (χ2v) is 14.0. The summed E-state index contributed by atoms with van der Waals surface area (Å²) in [6.45, 7) is 5.47. The number of aliphatic hydroxyl groups is 1. The number of aliphatic hydroxyl groups excluding tert-OH is 1. The minimum absolute atomic E-state index is 0.0533. The fourth-order valence-electron chi connectivity index (χ4n) is 6.76. The van der Waals surface area contributed by atoms with Crippen LogP contribution in [0.1, 0.15) is 67.9 Å². The fraction of sp³-hybridized carbons (Fsp3) is 0.605. The van der Waals surface area contributed by atoms with E-state index in [0.29, 0.717) is 43.4 Å². The molecule has 1 saturated carbocycles. The Kier molecular flexibility index (Phi) is 15.0. The number of amides is 5. The molecule has 300 valence electrons. The van der Waals surface area contributed by atoms with Crippen molar-refractivity contribution >= 4 is 46.6 Å². The van der Waals surface area contributed by atoms with Crippen LogP contribution < -0.4 is 20.7 Å². The Morgan fingerprint density at radius 3 is 2.42 bits per heavy atom. The highest BCUT2D eigenvalue weighted by atomic mass is 16.6. The Labute approximate surface area is 320 Å². The highest BCUT2D eigenvalue weighted by Crippen LogP contribution is 2.28. The number of ether oxygens (including phenoxy) is 3. The maximum absolute atomic E-state index is 13.9. The van der Waals surface area contributed by atoms with Crippen molar-refractivity contribution in [3.05, 3.63) is 35.5 Å². The molecule has 17 heteroatoms. The number of likely N-dealkylation sites (tertiary alicyclic amines) is 1. The molecular formula is C38H53N7O10. The number of carbonyl (C=O) groups excluding carboxylic acids is 6. The normalized spacial score (nSPS) is 17.7. The molecule has 1 aromatic heterocycles. The van der Waals surface area contributed by atoms with Crippen molar-refractivity contribution in [1.82, 2.24) is 35.6 Å². The number of aromatic nitrogens is 1. The van der Waals surface area contributed by atoms with Crippen LogP contribution in [0.3, 0.4) is 0 Å². The van der Waals surface area contributed by atoms with Gasteiger partial charge in [-0.2, -0.15) is 0 Å². The molecular weight excluding hydrogens is 714 g/mol. The quantitative estimate of drug-likeness (QED) is 0.131. The number of carbonyl (C=O) groups is 6. The molecule has 3 heterocycles. The van der Waals surface area contributed by atoms with Gasteiger partial charge in [-0.1, -0.05) is 6.07 Å². The van der Waals surface area contributed by atoms with E-state index >= 15 is 0 Å². The second kappa shape index (κ2) is 20.0. The van der Waals surface area contributed by atoms with Crippen LogP contribution in [0.4, 0.5) is 4.79 Å². The SMILES string of the molecule is CCOC(=O)N1CCN(C(=O)[C@H](CCC(=O)OCCNCCO)NC(=O)c2cc(OCC(=O)N3CCC[C@H]3C(=O)NC3CCC3)c3ccc(C)cc3n2)CC1. The maximum atomic E-state index is 13.9. The van der Waals surface area contributed by atoms with E-state index in [-0.39, 0.29) is 94.7 Å². The van der Waals surface area contributed by atoms with Crippen molar-refractivity contribution in [2.75, 3.05) is 72.2 Å². The van der Waals surface area contributed by atoms with Gasteiger partial charge in [0, 0.05) is 69.7 Å². The lowest BCUT2D eigenvalue weighted by atomic mass is 9.93. The number of pyridine rings is 1. The Balaban J connectivity index is 1.29. The lowest BCUT2D eigenvalue weighted by molar-refractivity contribution is -0.144. The minimum Gasteiger partial charge on any atom is -0.483 e. The second-order valence-electron chi connectivity index (χ2n) is 14.0. The number of hydrogen-bond donors (Lipinski definition) is 4. The minimum atomic E-state index is -1.14. The van der Waals surface area contributed by atoms with E-state index in [0.717, 1.165) is 24.8 Å². The molecule has 5 amide bonds. The summed E-state index contributed by atoms with van der Waals surface area (Å²) in [5.74, 6) is -1.96. The largest absolute Gasteiger partial charge is 0.483 e. The van der Waals surface area contributed by atoms with E-state index in [1.165, 1.54) is 15.9 Å². The number of piperazine rings is 1. The van der Waals surface area contributed by atoms with E-state index < -0.39 is 36.0 Å². The standard InChI is InChI=1S/C38H53N7O10/c1-3-53-38(52)44-18-16-43(17-19-44)37(51)28(11-12-34(48)54-21-14-39-13-20-46)42-35(49)30-23-32(27-10-9-25(2)22-29(27)41-30)55-24-33(47)45-15-5-8-31(45)36(50)40-26-6-4-7-26/h9-10,22-23,26,28,31,39,46H,3-8,11-21,24H2,1-2H3,(H,40,50)(H,42,49)/t28-,31-/m0/s1. The molecule has 0 spiro atoms. The van der Waals surface area contributed by atoms with Crippen molar-refractivity contribution in [2.45, 2.75) is 76.9 Å². The number of esters is 1. The van der Waals surface area contributed by atoms with Gasteiger partial charge in [0.25, 0.3) is 11.8 Å².